The Kier molecular flexibility index (Phi) is 9.77. The monoisotopic (exact) mass is 664 g/mol. The van der Waals surface area contributed by atoms with E-state index < -0.39 is 17.5 Å². The Morgan fingerprint density at radius 2 is 1.54 bits per heavy atom. The van der Waals surface area contributed by atoms with Crippen molar-refractivity contribution in [2.45, 2.75) is 163 Å². The van der Waals surface area contributed by atoms with Gasteiger partial charge in [0.15, 0.2) is 0 Å². The summed E-state index contributed by atoms with van der Waals surface area (Å²) in [7, 11) is 1.82. The standard InChI is InChI=1S/C42H69N3O3/c1-27(2)32-19-14-13-16-30(32)20-21-34(46)44(9)35(31-17-11-10-12-18-31)37(47)43-36(39(5,6)7)38(48)45-26-42(29(4)41(42)22-15-23-41)25-40(45,8)33-24-28(33)3/h20-21,27-33,35-36H,10-19,22-26H2,1-9H3,(H,43,47). The number of likely N-dealkylation sites (N-methyl/N-ethyl adjacent to an activating group) is 1. The number of fused-ring (bicyclic) bond motifs is 1. The largest absolute Gasteiger partial charge is 0.342 e. The van der Waals surface area contributed by atoms with Gasteiger partial charge in [0, 0.05) is 19.1 Å². The first kappa shape index (κ1) is 36.0. The van der Waals surface area contributed by atoms with E-state index in [1.165, 1.54) is 51.4 Å². The van der Waals surface area contributed by atoms with Crippen LogP contribution in [0.1, 0.15) is 145 Å². The third kappa shape index (κ3) is 6.09. The number of nitrogens with one attached hydrogen (secondary N) is 1. The third-order valence-electron chi connectivity index (χ3n) is 15.5. The van der Waals surface area contributed by atoms with Crippen LogP contribution in [0.4, 0.5) is 0 Å². The lowest BCUT2D eigenvalue weighted by atomic mass is 9.72. The number of hydrogen-bond donors (Lipinski definition) is 1. The van der Waals surface area contributed by atoms with E-state index in [9.17, 15) is 9.59 Å². The fraction of sp³-hybridized carbons (Fsp3) is 0.881. The Morgan fingerprint density at radius 1 is 0.917 bits per heavy atom. The van der Waals surface area contributed by atoms with Gasteiger partial charge in [-0.3, -0.25) is 14.4 Å². The number of allylic oxidation sites excluding steroid dienone is 1. The van der Waals surface area contributed by atoms with E-state index in [1.54, 1.807) is 11.0 Å². The van der Waals surface area contributed by atoms with Crippen LogP contribution in [0.25, 0.3) is 0 Å². The van der Waals surface area contributed by atoms with Gasteiger partial charge in [-0.15, -0.1) is 0 Å². The molecule has 0 bridgehead atoms. The van der Waals surface area contributed by atoms with E-state index in [1.807, 2.05) is 7.05 Å². The fourth-order valence-corrected chi connectivity index (χ4v) is 12.1. The van der Waals surface area contributed by atoms with Crippen molar-refractivity contribution in [2.24, 2.45) is 57.7 Å². The van der Waals surface area contributed by atoms with Gasteiger partial charge >= 0.3 is 0 Å². The Bertz CT molecular complexity index is 1260. The SMILES string of the molecule is CC(C)C1CCCCC1C=CC(=O)N(C)C(C(=O)NC(C(=O)N1CC2(CC1(C)C1CC1C)C(C)C21CCC1)C(C)(C)C)C1CCCCC1. The minimum atomic E-state index is -0.640. The molecular formula is C42H69N3O3. The first-order valence-electron chi connectivity index (χ1n) is 20.1. The van der Waals surface area contributed by atoms with Gasteiger partial charge in [-0.25, -0.2) is 0 Å². The number of carbonyl (C=O) groups is 3. The highest BCUT2D eigenvalue weighted by atomic mass is 16.2. The molecule has 9 unspecified atom stereocenters. The molecule has 1 aliphatic heterocycles. The molecule has 6 rings (SSSR count). The van der Waals surface area contributed by atoms with Crippen LogP contribution < -0.4 is 5.32 Å². The van der Waals surface area contributed by atoms with Crippen LogP contribution >= 0.6 is 0 Å². The molecule has 2 spiro atoms. The first-order valence-corrected chi connectivity index (χ1v) is 20.1. The highest BCUT2D eigenvalue weighted by molar-refractivity contribution is 5.95. The molecule has 6 aliphatic rings. The second-order valence-corrected chi connectivity index (χ2v) is 19.5. The van der Waals surface area contributed by atoms with Crippen LogP contribution in [0.5, 0.6) is 0 Å². The van der Waals surface area contributed by atoms with Gasteiger partial charge in [0.05, 0.1) is 0 Å². The lowest BCUT2D eigenvalue weighted by molar-refractivity contribution is -0.146. The van der Waals surface area contributed by atoms with Crippen molar-refractivity contribution in [1.82, 2.24) is 15.1 Å². The predicted molar refractivity (Wildman–Crippen MR) is 194 cm³/mol. The van der Waals surface area contributed by atoms with E-state index >= 15 is 4.79 Å². The molecule has 1 heterocycles. The van der Waals surface area contributed by atoms with Gasteiger partial charge in [-0.05, 0) is 122 Å². The molecule has 1 N–H and O–H groups in total. The molecule has 6 fully saturated rings. The molecule has 1 saturated heterocycles. The average Bonchev–Trinajstić information content (AvgIpc) is 3.84. The van der Waals surface area contributed by atoms with Gasteiger partial charge in [-0.1, -0.05) is 93.1 Å². The molecular weight excluding hydrogens is 594 g/mol. The van der Waals surface area contributed by atoms with E-state index in [0.717, 1.165) is 45.1 Å². The van der Waals surface area contributed by atoms with Gasteiger partial charge < -0.3 is 15.1 Å². The highest BCUT2D eigenvalue weighted by Crippen LogP contribution is 2.83. The molecule has 5 saturated carbocycles. The maximum atomic E-state index is 15.0. The second-order valence-electron chi connectivity index (χ2n) is 19.5. The molecule has 6 nitrogen and oxygen atoms in total. The highest BCUT2D eigenvalue weighted by Gasteiger charge is 2.81. The summed E-state index contributed by atoms with van der Waals surface area (Å²) in [6, 6.07) is -1.21. The topological polar surface area (TPSA) is 69.7 Å². The molecule has 0 aromatic heterocycles. The van der Waals surface area contributed by atoms with Crippen LogP contribution in [0.3, 0.4) is 0 Å². The van der Waals surface area contributed by atoms with Crippen molar-refractivity contribution < 1.29 is 14.4 Å². The maximum absolute atomic E-state index is 15.0. The summed E-state index contributed by atoms with van der Waals surface area (Å²) in [4.78, 5) is 47.5. The van der Waals surface area contributed by atoms with Crippen molar-refractivity contribution in [2.75, 3.05) is 13.6 Å². The van der Waals surface area contributed by atoms with Crippen molar-refractivity contribution in [3.63, 3.8) is 0 Å². The van der Waals surface area contributed by atoms with Crippen molar-refractivity contribution >= 4 is 17.7 Å². The van der Waals surface area contributed by atoms with Crippen LogP contribution in [0.15, 0.2) is 12.2 Å². The molecule has 0 aromatic rings. The number of nitrogens with zero attached hydrogens (tertiary/aromatic N) is 2. The first-order chi connectivity index (χ1) is 22.6. The summed E-state index contributed by atoms with van der Waals surface area (Å²) in [5.74, 6) is 3.43. The molecule has 0 aromatic carbocycles. The Hall–Kier alpha value is -1.85. The lowest BCUT2D eigenvalue weighted by Crippen LogP contribution is -2.62. The number of likely N-dealkylation sites (tertiary alicyclic amines) is 1. The Labute approximate surface area is 293 Å². The summed E-state index contributed by atoms with van der Waals surface area (Å²) < 4.78 is 0. The van der Waals surface area contributed by atoms with E-state index in [-0.39, 0.29) is 34.6 Å². The molecule has 48 heavy (non-hydrogen) atoms. The zero-order chi connectivity index (χ0) is 34.8. The summed E-state index contributed by atoms with van der Waals surface area (Å²) in [5, 5.41) is 3.36. The summed E-state index contributed by atoms with van der Waals surface area (Å²) >= 11 is 0. The Balaban J connectivity index is 1.23. The van der Waals surface area contributed by atoms with E-state index in [4.69, 9.17) is 0 Å². The minimum absolute atomic E-state index is 0.0854. The molecule has 3 amide bonds. The quantitative estimate of drug-likeness (QED) is 0.252. The molecule has 270 valence electrons. The van der Waals surface area contributed by atoms with Gasteiger partial charge in [-0.2, -0.15) is 0 Å². The fourth-order valence-electron chi connectivity index (χ4n) is 12.1. The number of carbonyl (C=O) groups excluding carboxylic acids is 3. The molecule has 0 radical (unpaired) electrons. The average molecular weight is 664 g/mol. The number of rotatable bonds is 9. The number of hydrogen-bond acceptors (Lipinski definition) is 3. The summed E-state index contributed by atoms with van der Waals surface area (Å²) in [5.41, 5.74) is 0.0397. The molecule has 6 heteroatoms. The third-order valence-corrected chi connectivity index (χ3v) is 15.5. The van der Waals surface area contributed by atoms with Crippen molar-refractivity contribution in [1.29, 1.82) is 0 Å². The van der Waals surface area contributed by atoms with Crippen molar-refractivity contribution in [3.05, 3.63) is 12.2 Å². The normalized spacial score (nSPS) is 37.5. The molecule has 9 atom stereocenters. The lowest BCUT2D eigenvalue weighted by Gasteiger charge is -2.42. The van der Waals surface area contributed by atoms with Crippen molar-refractivity contribution in [3.8, 4) is 0 Å². The van der Waals surface area contributed by atoms with Gasteiger partial charge in [0.25, 0.3) is 0 Å². The van der Waals surface area contributed by atoms with Gasteiger partial charge in [0.1, 0.15) is 12.1 Å². The maximum Gasteiger partial charge on any atom is 0.246 e. The molecule has 5 aliphatic carbocycles. The zero-order valence-corrected chi connectivity index (χ0v) is 32.1. The second kappa shape index (κ2) is 13.0. The minimum Gasteiger partial charge on any atom is -0.342 e. The van der Waals surface area contributed by atoms with Crippen LogP contribution in [-0.2, 0) is 14.4 Å². The van der Waals surface area contributed by atoms with Crippen LogP contribution in [-0.4, -0.2) is 58.7 Å². The van der Waals surface area contributed by atoms with Gasteiger partial charge in [0.2, 0.25) is 17.7 Å². The zero-order valence-electron chi connectivity index (χ0n) is 32.1. The van der Waals surface area contributed by atoms with E-state index in [0.29, 0.717) is 40.9 Å². The number of amides is 3. The Morgan fingerprint density at radius 3 is 2.08 bits per heavy atom. The summed E-state index contributed by atoms with van der Waals surface area (Å²) in [6.45, 7) is 18.9. The summed E-state index contributed by atoms with van der Waals surface area (Å²) in [6.07, 6.45) is 20.2. The van der Waals surface area contributed by atoms with Crippen LogP contribution in [0.2, 0.25) is 0 Å². The predicted octanol–water partition coefficient (Wildman–Crippen LogP) is 8.40. The van der Waals surface area contributed by atoms with Crippen LogP contribution in [0, 0.1) is 57.7 Å². The smallest absolute Gasteiger partial charge is 0.246 e. The van der Waals surface area contributed by atoms with E-state index in [2.05, 4.69) is 71.7 Å².